The summed E-state index contributed by atoms with van der Waals surface area (Å²) in [6.45, 7) is 7.64. The molecule has 40 heavy (non-hydrogen) atoms. The Balaban J connectivity index is 1.65. The fourth-order valence-corrected chi connectivity index (χ4v) is 4.36. The van der Waals surface area contributed by atoms with Gasteiger partial charge in [-0.05, 0) is 57.5 Å². The van der Waals surface area contributed by atoms with Crippen LogP contribution in [0.4, 0.5) is 18.4 Å². The molecule has 1 aliphatic heterocycles. The van der Waals surface area contributed by atoms with Gasteiger partial charge in [-0.25, -0.2) is 28.8 Å². The van der Waals surface area contributed by atoms with Crippen molar-refractivity contribution in [3.8, 4) is 11.3 Å². The lowest BCUT2D eigenvalue weighted by molar-refractivity contribution is -0.0241. The molecule has 3 heterocycles. The lowest BCUT2D eigenvalue weighted by atomic mass is 10.0. The van der Waals surface area contributed by atoms with Crippen molar-refractivity contribution in [2.45, 2.75) is 45.8 Å². The Morgan fingerprint density at radius 1 is 1.15 bits per heavy atom. The molecular weight excluding hydrogens is 528 g/mol. The number of halogens is 2. The van der Waals surface area contributed by atoms with E-state index in [0.29, 0.717) is 17.9 Å². The number of rotatable bonds is 4. The van der Waals surface area contributed by atoms with E-state index in [1.807, 2.05) is 18.4 Å². The molecule has 1 aromatic carbocycles. The van der Waals surface area contributed by atoms with Gasteiger partial charge in [0.2, 0.25) is 0 Å². The van der Waals surface area contributed by atoms with Crippen LogP contribution in [0.1, 0.15) is 42.4 Å². The number of fused-ring (bicyclic) bond motifs is 1. The predicted octanol–water partition coefficient (Wildman–Crippen LogP) is 3.77. The van der Waals surface area contributed by atoms with Gasteiger partial charge in [0.1, 0.15) is 22.9 Å². The summed E-state index contributed by atoms with van der Waals surface area (Å²) in [6, 6.07) is 5.33. The highest BCUT2D eigenvalue weighted by atomic mass is 19.1. The van der Waals surface area contributed by atoms with E-state index in [0.717, 1.165) is 17.7 Å². The van der Waals surface area contributed by atoms with E-state index in [1.54, 1.807) is 37.4 Å². The summed E-state index contributed by atoms with van der Waals surface area (Å²) in [5, 5.41) is 0. The molecule has 0 bridgehead atoms. The number of hydrogen-bond acceptors (Lipinski definition) is 7. The third-order valence-electron chi connectivity index (χ3n) is 6.09. The molecule has 3 aromatic rings. The fourth-order valence-electron chi connectivity index (χ4n) is 4.36. The van der Waals surface area contributed by atoms with E-state index in [9.17, 15) is 14.4 Å². The molecule has 2 N–H and O–H groups in total. The number of methoxy groups -OCH3 is 1. The fraction of sp³-hybridized carbons (Fsp3) is 0.407. The standard InChI is InChI=1S/C27H31F2N5O6/c1-15-6-7-34-20(13-17-14-33(8-9-39-17)26(37)38-5)23(30-21(34)10-15)22-18(28)11-16(12-19(22)29)24(35)31-32-25(36)40-27(2,3)4/h6-7,10-12,17H,8-9,13-14H2,1-5H3,(H,31,35)(H,32,36)/t17-/m0/s1. The number of hydrogen-bond donors (Lipinski definition) is 2. The minimum Gasteiger partial charge on any atom is -0.453 e. The minimum atomic E-state index is -1.02. The number of nitrogens with zero attached hydrogens (tertiary/aromatic N) is 3. The van der Waals surface area contributed by atoms with Crippen molar-refractivity contribution in [1.29, 1.82) is 0 Å². The van der Waals surface area contributed by atoms with Crippen molar-refractivity contribution in [1.82, 2.24) is 25.1 Å². The van der Waals surface area contributed by atoms with E-state index in [2.05, 4.69) is 10.4 Å². The van der Waals surface area contributed by atoms with Gasteiger partial charge in [-0.3, -0.25) is 10.2 Å². The number of nitrogens with one attached hydrogen (secondary N) is 2. The average molecular weight is 560 g/mol. The minimum absolute atomic E-state index is 0.0400. The maximum absolute atomic E-state index is 15.5. The Labute approximate surface area is 229 Å². The second-order valence-electron chi connectivity index (χ2n) is 10.3. The highest BCUT2D eigenvalue weighted by molar-refractivity contribution is 5.95. The van der Waals surface area contributed by atoms with E-state index < -0.39 is 47.0 Å². The Morgan fingerprint density at radius 2 is 1.85 bits per heavy atom. The van der Waals surface area contributed by atoms with Gasteiger partial charge in [0.15, 0.2) is 0 Å². The largest absolute Gasteiger partial charge is 0.453 e. The van der Waals surface area contributed by atoms with Crippen LogP contribution in [0, 0.1) is 18.6 Å². The molecule has 13 heteroatoms. The van der Waals surface area contributed by atoms with Crippen LogP contribution >= 0.6 is 0 Å². The Bertz CT molecular complexity index is 1430. The van der Waals surface area contributed by atoms with E-state index in [1.165, 1.54) is 12.0 Å². The van der Waals surface area contributed by atoms with Crippen LogP contribution in [0.3, 0.4) is 0 Å². The number of benzene rings is 1. The van der Waals surface area contributed by atoms with Crippen LogP contribution in [0.25, 0.3) is 16.9 Å². The molecule has 1 aliphatic rings. The molecule has 1 saturated heterocycles. The van der Waals surface area contributed by atoms with E-state index >= 15 is 8.78 Å². The summed E-state index contributed by atoms with van der Waals surface area (Å²) in [6.07, 6.45) is 0.0294. The molecule has 4 rings (SSSR count). The number of morpholine rings is 1. The number of carbonyl (C=O) groups is 3. The molecule has 1 fully saturated rings. The molecule has 11 nitrogen and oxygen atoms in total. The van der Waals surface area contributed by atoms with Gasteiger partial charge >= 0.3 is 12.2 Å². The number of ether oxygens (including phenoxy) is 3. The average Bonchev–Trinajstić information content (AvgIpc) is 3.21. The Kier molecular flexibility index (Phi) is 8.24. The first-order valence-electron chi connectivity index (χ1n) is 12.6. The number of amides is 3. The second kappa shape index (κ2) is 11.5. The number of aromatic nitrogens is 2. The van der Waals surface area contributed by atoms with Gasteiger partial charge in [0.05, 0.1) is 43.3 Å². The lowest BCUT2D eigenvalue weighted by Crippen LogP contribution is -2.46. The number of carbonyl (C=O) groups excluding carboxylic acids is 3. The van der Waals surface area contributed by atoms with Crippen molar-refractivity contribution in [3.63, 3.8) is 0 Å². The number of pyridine rings is 1. The summed E-state index contributed by atoms with van der Waals surface area (Å²) in [5.41, 5.74) is 4.39. The molecular formula is C27H31F2N5O6. The van der Waals surface area contributed by atoms with Crippen LogP contribution in [0.15, 0.2) is 30.5 Å². The first-order chi connectivity index (χ1) is 18.9. The maximum atomic E-state index is 15.5. The van der Waals surface area contributed by atoms with Gasteiger partial charge < -0.3 is 23.5 Å². The molecule has 1 atom stereocenters. The summed E-state index contributed by atoms with van der Waals surface area (Å²) < 4.78 is 48.4. The highest BCUT2D eigenvalue weighted by Gasteiger charge is 2.29. The second-order valence-corrected chi connectivity index (χ2v) is 10.3. The zero-order chi connectivity index (χ0) is 29.2. The van der Waals surface area contributed by atoms with Crippen LogP contribution in [-0.2, 0) is 20.6 Å². The highest BCUT2D eigenvalue weighted by Crippen LogP contribution is 2.32. The number of aryl methyl sites for hydroxylation is 1. The molecule has 3 amide bonds. The van der Waals surface area contributed by atoms with Crippen molar-refractivity contribution in [2.75, 3.05) is 26.8 Å². The molecule has 0 saturated carbocycles. The molecule has 2 aromatic heterocycles. The first-order valence-corrected chi connectivity index (χ1v) is 12.6. The molecule has 0 aliphatic carbocycles. The normalized spacial score (nSPS) is 15.6. The zero-order valence-corrected chi connectivity index (χ0v) is 22.8. The zero-order valence-electron chi connectivity index (χ0n) is 22.8. The van der Waals surface area contributed by atoms with Crippen LogP contribution in [0.2, 0.25) is 0 Å². The third kappa shape index (κ3) is 6.47. The summed E-state index contributed by atoms with van der Waals surface area (Å²) >= 11 is 0. The van der Waals surface area contributed by atoms with Crippen molar-refractivity contribution < 1.29 is 37.4 Å². The van der Waals surface area contributed by atoms with Gasteiger partial charge in [-0.1, -0.05) is 0 Å². The third-order valence-corrected chi connectivity index (χ3v) is 6.09. The first kappa shape index (κ1) is 28.7. The van der Waals surface area contributed by atoms with Crippen LogP contribution in [0.5, 0.6) is 0 Å². The van der Waals surface area contributed by atoms with E-state index in [-0.39, 0.29) is 30.8 Å². The summed E-state index contributed by atoms with van der Waals surface area (Å²) in [5.74, 6) is -2.99. The summed E-state index contributed by atoms with van der Waals surface area (Å²) in [4.78, 5) is 42.4. The summed E-state index contributed by atoms with van der Waals surface area (Å²) in [7, 11) is 1.29. The molecule has 0 radical (unpaired) electrons. The Hall–Kier alpha value is -4.26. The van der Waals surface area contributed by atoms with Crippen LogP contribution in [-0.4, -0.2) is 70.9 Å². The Morgan fingerprint density at radius 3 is 2.50 bits per heavy atom. The number of hydrazine groups is 1. The molecule has 214 valence electrons. The monoisotopic (exact) mass is 559 g/mol. The molecule has 0 unspecified atom stereocenters. The maximum Gasteiger partial charge on any atom is 0.426 e. The van der Waals surface area contributed by atoms with Gasteiger partial charge in [0, 0.05) is 24.7 Å². The SMILES string of the molecule is COC(=O)N1CCO[C@@H](Cc2c(-c3c(F)cc(C(=O)NNC(=O)OC(C)(C)C)cc3F)nc3cc(C)ccn23)C1. The number of imidazole rings is 1. The van der Waals surface area contributed by atoms with Gasteiger partial charge in [-0.15, -0.1) is 0 Å². The topological polar surface area (TPSA) is 124 Å². The van der Waals surface area contributed by atoms with Crippen molar-refractivity contribution >= 4 is 23.7 Å². The van der Waals surface area contributed by atoms with Crippen LogP contribution < -0.4 is 10.9 Å². The lowest BCUT2D eigenvalue weighted by Gasteiger charge is -2.32. The van der Waals surface area contributed by atoms with Crippen molar-refractivity contribution in [2.24, 2.45) is 0 Å². The quantitative estimate of drug-likeness (QED) is 0.467. The van der Waals surface area contributed by atoms with Gasteiger partial charge in [0.25, 0.3) is 5.91 Å². The molecule has 0 spiro atoms. The van der Waals surface area contributed by atoms with E-state index in [4.69, 9.17) is 14.2 Å². The van der Waals surface area contributed by atoms with Crippen molar-refractivity contribution in [3.05, 3.63) is 58.9 Å². The smallest absolute Gasteiger partial charge is 0.426 e. The predicted molar refractivity (Wildman–Crippen MR) is 140 cm³/mol. The van der Waals surface area contributed by atoms with Gasteiger partial charge in [-0.2, -0.15) is 0 Å².